The lowest BCUT2D eigenvalue weighted by Gasteiger charge is -2.57. The fraction of sp³-hybridized carbons (Fsp3) is 0.200. The Morgan fingerprint density at radius 1 is 0.426 bits per heavy atom. The monoisotopic (exact) mass is 696 g/mol. The largest absolute Gasteiger partial charge is 0.208 e. The number of nitrogens with zero attached hydrogens (tertiary/aromatic N) is 4. The summed E-state index contributed by atoms with van der Waals surface area (Å²) in [6, 6.07) is 55.1. The summed E-state index contributed by atoms with van der Waals surface area (Å²) in [5.74, 6) is 4.68. The molecule has 4 heteroatoms. The smallest absolute Gasteiger partial charge is 0.164 e. The number of hydrogen-bond donors (Lipinski definition) is 0. The Kier molecular flexibility index (Phi) is 8.02. The second-order valence-electron chi connectivity index (χ2n) is 15.8. The molecule has 0 spiro atoms. The van der Waals surface area contributed by atoms with E-state index in [1.807, 2.05) is 30.3 Å². The van der Waals surface area contributed by atoms with E-state index in [4.69, 9.17) is 15.0 Å². The molecule has 4 saturated carbocycles. The van der Waals surface area contributed by atoms with Gasteiger partial charge in [0.05, 0.1) is 11.6 Å². The molecule has 4 bridgehead atoms. The van der Waals surface area contributed by atoms with Crippen LogP contribution in [-0.2, 0) is 5.41 Å². The summed E-state index contributed by atoms with van der Waals surface area (Å²) < 4.78 is 0. The third kappa shape index (κ3) is 6.00. The highest BCUT2D eigenvalue weighted by Crippen LogP contribution is 2.60. The molecule has 11 rings (SSSR count). The first-order valence-corrected chi connectivity index (χ1v) is 19.3. The van der Waals surface area contributed by atoms with Gasteiger partial charge in [0.1, 0.15) is 0 Å². The summed E-state index contributed by atoms with van der Waals surface area (Å²) in [4.78, 5) is 15.5. The van der Waals surface area contributed by atoms with E-state index in [2.05, 4.69) is 127 Å². The molecule has 0 N–H and O–H groups in total. The first kappa shape index (κ1) is 32.5. The van der Waals surface area contributed by atoms with Crippen molar-refractivity contribution in [1.82, 2.24) is 15.0 Å². The van der Waals surface area contributed by atoms with Crippen molar-refractivity contribution in [2.45, 2.75) is 43.9 Å². The van der Waals surface area contributed by atoms with E-state index in [0.29, 0.717) is 28.5 Å². The molecule has 0 saturated heterocycles. The average molecular weight is 697 g/mol. The van der Waals surface area contributed by atoms with Crippen molar-refractivity contribution in [3.63, 3.8) is 0 Å². The van der Waals surface area contributed by atoms with Gasteiger partial charge in [-0.15, -0.1) is 0 Å². The third-order valence-corrected chi connectivity index (χ3v) is 12.3. The Balaban J connectivity index is 1.07. The van der Waals surface area contributed by atoms with Crippen LogP contribution in [0.4, 0.5) is 0 Å². The lowest BCUT2D eigenvalue weighted by Crippen LogP contribution is -2.48. The van der Waals surface area contributed by atoms with Crippen LogP contribution in [0.2, 0.25) is 0 Å². The topological polar surface area (TPSA) is 62.5 Å². The van der Waals surface area contributed by atoms with Gasteiger partial charge in [-0.3, -0.25) is 0 Å². The zero-order chi connectivity index (χ0) is 36.1. The van der Waals surface area contributed by atoms with Gasteiger partial charge in [-0.2, -0.15) is 5.26 Å². The van der Waals surface area contributed by atoms with E-state index in [1.54, 1.807) is 0 Å². The van der Waals surface area contributed by atoms with Crippen LogP contribution in [0.1, 0.15) is 49.7 Å². The Morgan fingerprint density at radius 3 is 1.48 bits per heavy atom. The van der Waals surface area contributed by atoms with Crippen molar-refractivity contribution in [1.29, 1.82) is 5.26 Å². The molecule has 4 aliphatic carbocycles. The minimum Gasteiger partial charge on any atom is -0.208 e. The normalized spacial score (nSPS) is 21.1. The Bertz CT molecular complexity index is 2510. The van der Waals surface area contributed by atoms with Gasteiger partial charge in [0.25, 0.3) is 0 Å². The van der Waals surface area contributed by atoms with E-state index >= 15 is 0 Å². The Hall–Kier alpha value is -6.18. The fourth-order valence-electron chi connectivity index (χ4n) is 10.2. The molecular weight excluding hydrogens is 657 g/mol. The van der Waals surface area contributed by atoms with Crippen molar-refractivity contribution in [3.05, 3.63) is 163 Å². The van der Waals surface area contributed by atoms with E-state index in [1.165, 1.54) is 44.1 Å². The van der Waals surface area contributed by atoms with E-state index < -0.39 is 0 Å². The Labute approximate surface area is 317 Å². The molecule has 6 aromatic carbocycles. The van der Waals surface area contributed by atoms with Gasteiger partial charge in [-0.1, -0.05) is 127 Å². The highest BCUT2D eigenvalue weighted by molar-refractivity contribution is 5.85. The maximum absolute atomic E-state index is 9.59. The van der Waals surface area contributed by atoms with E-state index in [9.17, 15) is 5.26 Å². The number of nitriles is 1. The molecule has 260 valence electrons. The van der Waals surface area contributed by atoms with E-state index in [-0.39, 0.29) is 0 Å². The second-order valence-corrected chi connectivity index (χ2v) is 15.8. The van der Waals surface area contributed by atoms with Gasteiger partial charge in [0.15, 0.2) is 17.5 Å². The van der Waals surface area contributed by atoms with Crippen LogP contribution in [0.15, 0.2) is 152 Å². The van der Waals surface area contributed by atoms with Crippen LogP contribution < -0.4 is 0 Å². The lowest BCUT2D eigenvalue weighted by molar-refractivity contribution is -0.00518. The highest BCUT2D eigenvalue weighted by atomic mass is 15.0. The molecule has 0 unspecified atom stereocenters. The van der Waals surface area contributed by atoms with Gasteiger partial charge >= 0.3 is 0 Å². The molecule has 7 aromatic rings. The predicted molar refractivity (Wildman–Crippen MR) is 217 cm³/mol. The number of rotatable bonds is 7. The molecule has 4 nitrogen and oxygen atoms in total. The summed E-state index contributed by atoms with van der Waals surface area (Å²) in [5, 5.41) is 9.59. The van der Waals surface area contributed by atoms with Gasteiger partial charge in [-0.05, 0) is 125 Å². The fourth-order valence-corrected chi connectivity index (χ4v) is 10.2. The molecular formula is C50H40N4. The summed E-state index contributed by atoms with van der Waals surface area (Å²) in [7, 11) is 0. The Morgan fingerprint density at radius 2 is 0.889 bits per heavy atom. The van der Waals surface area contributed by atoms with Crippen LogP contribution in [0.5, 0.6) is 0 Å². The summed E-state index contributed by atoms with van der Waals surface area (Å²) in [6.07, 6.45) is 8.37. The molecule has 4 fully saturated rings. The molecule has 1 aromatic heterocycles. The molecule has 54 heavy (non-hydrogen) atoms. The van der Waals surface area contributed by atoms with Crippen LogP contribution in [-0.4, -0.2) is 15.0 Å². The first-order chi connectivity index (χ1) is 26.6. The van der Waals surface area contributed by atoms with Crippen LogP contribution in [0, 0.1) is 29.1 Å². The maximum Gasteiger partial charge on any atom is 0.164 e. The van der Waals surface area contributed by atoms with Gasteiger partial charge < -0.3 is 0 Å². The predicted octanol–water partition coefficient (Wildman–Crippen LogP) is 12.2. The van der Waals surface area contributed by atoms with Crippen molar-refractivity contribution < 1.29 is 0 Å². The quantitative estimate of drug-likeness (QED) is 0.166. The zero-order valence-corrected chi connectivity index (χ0v) is 30.2. The summed E-state index contributed by atoms with van der Waals surface area (Å²) >= 11 is 0. The molecule has 0 atom stereocenters. The summed E-state index contributed by atoms with van der Waals surface area (Å²) in [6.45, 7) is 0. The van der Waals surface area contributed by atoms with Crippen LogP contribution in [0.3, 0.4) is 0 Å². The number of benzene rings is 6. The van der Waals surface area contributed by atoms with Gasteiger partial charge in [-0.25, -0.2) is 15.0 Å². The standard InChI is InChI=1S/C50H40N4/c51-32-33-9-6-13-40(26-33)45-17-4-5-18-46(45)41-14-8-16-43(28-41)49-53-47(52-48(54-49)42-15-7-12-39(27-42)37-10-2-1-3-11-37)38-19-21-44(22-20-38)50-29-34-23-35(30-50)25-36(24-34)31-50/h1-22,26-28,34-36H,23-25,29-31H2/t34-,35-,36-,50?. The molecule has 0 radical (unpaired) electrons. The third-order valence-electron chi connectivity index (χ3n) is 12.3. The van der Waals surface area contributed by atoms with Crippen molar-refractivity contribution in [2.24, 2.45) is 17.8 Å². The van der Waals surface area contributed by atoms with Crippen molar-refractivity contribution in [2.75, 3.05) is 0 Å². The van der Waals surface area contributed by atoms with Crippen LogP contribution >= 0.6 is 0 Å². The zero-order valence-electron chi connectivity index (χ0n) is 30.2. The SMILES string of the molecule is N#Cc1cccc(-c2ccccc2-c2cccc(-c3nc(-c4ccc(C56C[C@H]7C[C@H](C5)C[C@@H](C6)C7)cc4)nc(-c4cccc(-c5ccccc5)c4)n3)c2)c1. The number of hydrogen-bond acceptors (Lipinski definition) is 4. The molecule has 4 aliphatic rings. The molecule has 0 aliphatic heterocycles. The maximum atomic E-state index is 9.59. The highest BCUT2D eigenvalue weighted by Gasteiger charge is 2.51. The number of aromatic nitrogens is 3. The molecule has 1 heterocycles. The first-order valence-electron chi connectivity index (χ1n) is 19.3. The van der Waals surface area contributed by atoms with Crippen LogP contribution in [0.25, 0.3) is 67.5 Å². The van der Waals surface area contributed by atoms with Crippen molar-refractivity contribution in [3.8, 4) is 73.6 Å². The average Bonchev–Trinajstić information content (AvgIpc) is 3.23. The van der Waals surface area contributed by atoms with Gasteiger partial charge in [0, 0.05) is 16.7 Å². The lowest BCUT2D eigenvalue weighted by atomic mass is 9.48. The minimum absolute atomic E-state index is 0.341. The minimum atomic E-state index is 0.341. The van der Waals surface area contributed by atoms with E-state index in [0.717, 1.165) is 67.8 Å². The van der Waals surface area contributed by atoms with Crippen molar-refractivity contribution >= 4 is 0 Å². The summed E-state index contributed by atoms with van der Waals surface area (Å²) in [5.41, 5.74) is 11.9. The molecule has 0 amide bonds. The van der Waals surface area contributed by atoms with Gasteiger partial charge in [0.2, 0.25) is 0 Å². The second kappa shape index (κ2) is 13.3.